The second-order valence-corrected chi connectivity index (χ2v) is 6.90. The maximum absolute atomic E-state index is 12.3. The van der Waals surface area contributed by atoms with Crippen molar-refractivity contribution in [1.29, 1.82) is 0 Å². The Labute approximate surface area is 128 Å². The average Bonchev–Trinajstić information content (AvgIpc) is 2.97. The van der Waals surface area contributed by atoms with Crippen LogP contribution in [-0.4, -0.2) is 15.0 Å². The maximum Gasteiger partial charge on any atom is 0.261 e. The number of nitrogens with two attached hydrogens (primary N) is 1. The second kappa shape index (κ2) is 6.93. The van der Waals surface area contributed by atoms with Gasteiger partial charge in [-0.25, -0.2) is 8.42 Å². The van der Waals surface area contributed by atoms with E-state index in [0.29, 0.717) is 23.6 Å². The Morgan fingerprint density at radius 1 is 1.33 bits per heavy atom. The van der Waals surface area contributed by atoms with Crippen LogP contribution in [-0.2, 0) is 16.6 Å². The maximum atomic E-state index is 12.3. The molecule has 0 spiro atoms. The molecule has 0 aliphatic heterocycles. The molecule has 0 aliphatic carbocycles. The Morgan fingerprint density at radius 2 is 2.14 bits per heavy atom. The summed E-state index contributed by atoms with van der Waals surface area (Å²) in [7, 11) is -3.61. The van der Waals surface area contributed by atoms with Crippen LogP contribution in [0.1, 0.15) is 18.9 Å². The van der Waals surface area contributed by atoms with Crippen LogP contribution in [0.3, 0.4) is 0 Å². The molecule has 0 bridgehead atoms. The van der Waals surface area contributed by atoms with E-state index in [9.17, 15) is 8.42 Å². The second-order valence-electron chi connectivity index (χ2n) is 4.44. The highest BCUT2D eigenvalue weighted by atomic mass is 32.2. The zero-order valence-corrected chi connectivity index (χ0v) is 13.3. The van der Waals surface area contributed by atoms with E-state index in [1.165, 1.54) is 17.4 Å². The first-order valence-corrected chi connectivity index (χ1v) is 9.00. The number of ether oxygens (including phenoxy) is 1. The van der Waals surface area contributed by atoms with E-state index in [-0.39, 0.29) is 11.4 Å². The van der Waals surface area contributed by atoms with Crippen molar-refractivity contribution in [2.45, 2.75) is 24.8 Å². The fourth-order valence-corrected chi connectivity index (χ4v) is 3.53. The van der Waals surface area contributed by atoms with Crippen molar-refractivity contribution < 1.29 is 13.2 Å². The molecule has 2 rings (SSSR count). The molecule has 0 atom stereocenters. The van der Waals surface area contributed by atoms with Crippen LogP contribution in [0.2, 0.25) is 0 Å². The van der Waals surface area contributed by atoms with E-state index in [1.807, 2.05) is 12.3 Å². The topological polar surface area (TPSA) is 81.4 Å². The Bertz CT molecular complexity index is 682. The highest BCUT2D eigenvalue weighted by Gasteiger charge is 2.16. The molecular weight excluding hydrogens is 308 g/mol. The molecule has 0 saturated carbocycles. The summed E-state index contributed by atoms with van der Waals surface area (Å²) < 4.78 is 32.7. The Kier molecular flexibility index (Phi) is 5.22. The van der Waals surface area contributed by atoms with Crippen LogP contribution in [0.5, 0.6) is 5.75 Å². The molecule has 0 amide bonds. The zero-order chi connectivity index (χ0) is 15.3. The minimum Gasteiger partial charge on any atom is -0.493 e. The van der Waals surface area contributed by atoms with Gasteiger partial charge >= 0.3 is 0 Å². The van der Waals surface area contributed by atoms with Gasteiger partial charge in [0.1, 0.15) is 5.75 Å². The Balaban J connectivity index is 2.27. The first kappa shape index (κ1) is 15.8. The number of sulfonamides is 1. The van der Waals surface area contributed by atoms with Crippen molar-refractivity contribution >= 4 is 27.0 Å². The van der Waals surface area contributed by atoms with Gasteiger partial charge in [-0.2, -0.15) is 11.3 Å². The van der Waals surface area contributed by atoms with Crippen molar-refractivity contribution in [3.63, 3.8) is 0 Å². The van der Waals surface area contributed by atoms with E-state index >= 15 is 0 Å². The largest absolute Gasteiger partial charge is 0.493 e. The number of nitrogens with one attached hydrogen (secondary N) is 1. The lowest BCUT2D eigenvalue weighted by Gasteiger charge is -2.12. The molecule has 0 aliphatic rings. The van der Waals surface area contributed by atoms with Crippen molar-refractivity contribution in [1.82, 2.24) is 0 Å². The van der Waals surface area contributed by atoms with Crippen molar-refractivity contribution in [3.8, 4) is 5.75 Å². The van der Waals surface area contributed by atoms with Gasteiger partial charge in [0, 0.05) is 17.5 Å². The third kappa shape index (κ3) is 3.96. The fraction of sp³-hybridized carbons (Fsp3) is 0.286. The number of rotatable bonds is 7. The van der Waals surface area contributed by atoms with Gasteiger partial charge in [0.25, 0.3) is 10.0 Å². The highest BCUT2D eigenvalue weighted by molar-refractivity contribution is 7.92. The van der Waals surface area contributed by atoms with E-state index in [2.05, 4.69) is 4.72 Å². The van der Waals surface area contributed by atoms with E-state index in [1.54, 1.807) is 23.6 Å². The van der Waals surface area contributed by atoms with Crippen LogP contribution in [0.4, 0.5) is 5.69 Å². The summed E-state index contributed by atoms with van der Waals surface area (Å²) >= 11 is 1.43. The van der Waals surface area contributed by atoms with E-state index < -0.39 is 10.0 Å². The van der Waals surface area contributed by atoms with Gasteiger partial charge < -0.3 is 10.5 Å². The summed E-state index contributed by atoms with van der Waals surface area (Å²) in [5, 5.41) is 3.55. The molecule has 114 valence electrons. The Hall–Kier alpha value is -1.57. The lowest BCUT2D eigenvalue weighted by molar-refractivity contribution is 0.314. The van der Waals surface area contributed by atoms with Gasteiger partial charge in [-0.05, 0) is 36.1 Å². The van der Waals surface area contributed by atoms with Gasteiger partial charge in [0.2, 0.25) is 0 Å². The summed E-state index contributed by atoms with van der Waals surface area (Å²) in [6.45, 7) is 2.80. The third-order valence-corrected chi connectivity index (χ3v) is 4.86. The predicted octanol–water partition coefficient (Wildman–Crippen LogP) is 2.80. The van der Waals surface area contributed by atoms with Gasteiger partial charge in [0.05, 0.1) is 17.2 Å². The number of hydrogen-bond acceptors (Lipinski definition) is 5. The predicted molar refractivity (Wildman–Crippen MR) is 85.2 cm³/mol. The number of thiophene rings is 1. The normalized spacial score (nSPS) is 11.3. The number of anilines is 1. The van der Waals surface area contributed by atoms with Crippen molar-refractivity contribution in [2.24, 2.45) is 5.73 Å². The molecular formula is C14H18N2O3S2. The molecule has 0 fully saturated rings. The van der Waals surface area contributed by atoms with Crippen LogP contribution in [0, 0.1) is 0 Å². The SMILES string of the molecule is CCCOc1ccc(S(=O)(=O)Nc2ccsc2)cc1CN. The summed E-state index contributed by atoms with van der Waals surface area (Å²) in [5.74, 6) is 0.633. The first-order valence-electron chi connectivity index (χ1n) is 6.57. The van der Waals surface area contributed by atoms with Crippen LogP contribution < -0.4 is 15.2 Å². The molecule has 7 heteroatoms. The summed E-state index contributed by atoms with van der Waals surface area (Å²) in [6, 6.07) is 6.45. The highest BCUT2D eigenvalue weighted by Crippen LogP contribution is 2.24. The van der Waals surface area contributed by atoms with Crippen LogP contribution in [0.25, 0.3) is 0 Å². The fourth-order valence-electron chi connectivity index (χ4n) is 1.77. The van der Waals surface area contributed by atoms with Gasteiger partial charge in [-0.1, -0.05) is 6.92 Å². The third-order valence-electron chi connectivity index (χ3n) is 2.80. The lowest BCUT2D eigenvalue weighted by Crippen LogP contribution is -2.13. The standard InChI is InChI=1S/C14H18N2O3S2/c1-2-6-19-14-4-3-13(8-11(14)9-15)21(17,18)16-12-5-7-20-10-12/h3-5,7-8,10,16H,2,6,9,15H2,1H3. The first-order chi connectivity index (χ1) is 10.1. The van der Waals surface area contributed by atoms with Gasteiger partial charge in [-0.3, -0.25) is 4.72 Å². The molecule has 5 nitrogen and oxygen atoms in total. The van der Waals surface area contributed by atoms with E-state index in [4.69, 9.17) is 10.5 Å². The van der Waals surface area contributed by atoms with Crippen LogP contribution in [0.15, 0.2) is 39.9 Å². The van der Waals surface area contributed by atoms with Gasteiger partial charge in [-0.15, -0.1) is 0 Å². The summed E-state index contributed by atoms with van der Waals surface area (Å²) in [4.78, 5) is 0.179. The molecule has 0 saturated heterocycles. The van der Waals surface area contributed by atoms with Crippen molar-refractivity contribution in [2.75, 3.05) is 11.3 Å². The molecule has 3 N–H and O–H groups in total. The van der Waals surface area contributed by atoms with Crippen LogP contribution >= 0.6 is 11.3 Å². The lowest BCUT2D eigenvalue weighted by atomic mass is 10.2. The average molecular weight is 326 g/mol. The molecule has 0 radical (unpaired) electrons. The Morgan fingerprint density at radius 3 is 2.76 bits per heavy atom. The quantitative estimate of drug-likeness (QED) is 0.820. The smallest absolute Gasteiger partial charge is 0.261 e. The van der Waals surface area contributed by atoms with Gasteiger partial charge in [0.15, 0.2) is 0 Å². The molecule has 0 unspecified atom stereocenters. The molecule has 21 heavy (non-hydrogen) atoms. The molecule has 1 aromatic heterocycles. The minimum absolute atomic E-state index is 0.179. The number of hydrogen-bond donors (Lipinski definition) is 2. The monoisotopic (exact) mass is 326 g/mol. The molecule has 2 aromatic rings. The summed E-state index contributed by atoms with van der Waals surface area (Å²) in [6.07, 6.45) is 0.879. The molecule has 1 heterocycles. The minimum atomic E-state index is -3.61. The number of benzene rings is 1. The molecule has 1 aromatic carbocycles. The zero-order valence-electron chi connectivity index (χ0n) is 11.7. The summed E-state index contributed by atoms with van der Waals surface area (Å²) in [5.41, 5.74) is 6.91. The van der Waals surface area contributed by atoms with E-state index in [0.717, 1.165) is 6.42 Å². The van der Waals surface area contributed by atoms with Crippen molar-refractivity contribution in [3.05, 3.63) is 40.6 Å².